The molecular formula is C7H16S7. The van der Waals surface area contributed by atoms with Crippen LogP contribution in [0.4, 0.5) is 0 Å². The monoisotopic (exact) mass is 324 g/mol. The molecule has 1 atom stereocenters. The van der Waals surface area contributed by atoms with E-state index in [4.69, 9.17) is 0 Å². The maximum Gasteiger partial charge on any atom is 0.0936 e. The van der Waals surface area contributed by atoms with Crippen molar-refractivity contribution in [2.75, 3.05) is 33.2 Å². The van der Waals surface area contributed by atoms with Crippen LogP contribution in [0, 0.1) is 0 Å². The van der Waals surface area contributed by atoms with E-state index in [1.807, 2.05) is 35.3 Å². The van der Waals surface area contributed by atoms with Crippen molar-refractivity contribution < 1.29 is 0 Å². The first kappa shape index (κ1) is 16.4. The van der Waals surface area contributed by atoms with Crippen LogP contribution in [0.1, 0.15) is 0 Å². The third-order valence-electron chi connectivity index (χ3n) is 1.17. The van der Waals surface area contributed by atoms with Crippen LogP contribution in [0.3, 0.4) is 0 Å². The van der Waals surface area contributed by atoms with Crippen LogP contribution >= 0.6 is 84.9 Å². The molecule has 0 amide bonds. The van der Waals surface area contributed by atoms with Gasteiger partial charge in [-0.3, -0.25) is 0 Å². The average molecular weight is 325 g/mol. The summed E-state index contributed by atoms with van der Waals surface area (Å²) >= 11 is 20.3. The Morgan fingerprint density at radius 3 is 2.07 bits per heavy atom. The SMILES string of the molecule is SCSCCSCCSC(S)SCS. The molecule has 14 heavy (non-hydrogen) atoms. The van der Waals surface area contributed by atoms with Gasteiger partial charge in [0.1, 0.15) is 0 Å². The second-order valence-corrected chi connectivity index (χ2v) is 9.76. The predicted octanol–water partition coefficient (Wildman–Crippen LogP) is 3.91. The van der Waals surface area contributed by atoms with Crippen molar-refractivity contribution in [3.63, 3.8) is 0 Å². The van der Waals surface area contributed by atoms with Gasteiger partial charge in [0, 0.05) is 33.2 Å². The molecule has 0 aliphatic heterocycles. The fourth-order valence-corrected chi connectivity index (χ4v) is 5.97. The topological polar surface area (TPSA) is 0 Å². The lowest BCUT2D eigenvalue weighted by Gasteiger charge is -2.07. The van der Waals surface area contributed by atoms with E-state index in [0.717, 1.165) is 10.2 Å². The van der Waals surface area contributed by atoms with Crippen molar-refractivity contribution in [2.24, 2.45) is 0 Å². The molecule has 0 aliphatic carbocycles. The Bertz CT molecular complexity index is 110. The number of rotatable bonds is 10. The first-order valence-corrected chi connectivity index (χ1v) is 10.3. The van der Waals surface area contributed by atoms with E-state index in [0.29, 0.717) is 3.91 Å². The molecule has 0 aromatic rings. The summed E-state index contributed by atoms with van der Waals surface area (Å²) in [7, 11) is 0. The molecule has 0 N–H and O–H groups in total. The Balaban J connectivity index is 2.98. The third kappa shape index (κ3) is 12.5. The minimum absolute atomic E-state index is 0.389. The van der Waals surface area contributed by atoms with Crippen molar-refractivity contribution in [1.29, 1.82) is 0 Å². The molecule has 0 rings (SSSR count). The number of hydrogen-bond acceptors (Lipinski definition) is 7. The van der Waals surface area contributed by atoms with E-state index in [-0.39, 0.29) is 0 Å². The van der Waals surface area contributed by atoms with E-state index in [1.54, 1.807) is 11.8 Å². The van der Waals surface area contributed by atoms with Gasteiger partial charge in [-0.1, -0.05) is 0 Å². The van der Waals surface area contributed by atoms with Gasteiger partial charge in [-0.2, -0.15) is 61.4 Å². The van der Waals surface area contributed by atoms with Gasteiger partial charge in [0.2, 0.25) is 0 Å². The van der Waals surface area contributed by atoms with Crippen LogP contribution in [0.15, 0.2) is 0 Å². The molecule has 0 aliphatic rings. The third-order valence-corrected chi connectivity index (χ3v) is 7.21. The zero-order chi connectivity index (χ0) is 10.6. The second kappa shape index (κ2) is 13.5. The summed E-state index contributed by atoms with van der Waals surface area (Å²) in [5, 5.41) is 1.79. The summed E-state index contributed by atoms with van der Waals surface area (Å²) in [5.74, 6) is 4.87. The summed E-state index contributed by atoms with van der Waals surface area (Å²) in [6, 6.07) is 0. The summed E-state index contributed by atoms with van der Waals surface area (Å²) < 4.78 is 0.389. The average Bonchev–Trinajstić information content (AvgIpc) is 2.17. The Hall–Kier alpha value is 2.45. The first-order chi connectivity index (χ1) is 6.81. The molecule has 0 aromatic carbocycles. The minimum Gasteiger partial charge on any atom is -0.168 e. The smallest absolute Gasteiger partial charge is 0.0936 e. The molecule has 1 unspecified atom stereocenters. The van der Waals surface area contributed by atoms with E-state index in [2.05, 4.69) is 37.9 Å². The molecule has 7 heteroatoms. The minimum atomic E-state index is 0.389. The highest BCUT2D eigenvalue weighted by Gasteiger charge is 2.01. The van der Waals surface area contributed by atoms with Gasteiger partial charge >= 0.3 is 0 Å². The lowest BCUT2D eigenvalue weighted by molar-refractivity contribution is 1.49. The number of hydrogen-bond donors (Lipinski definition) is 3. The quantitative estimate of drug-likeness (QED) is 0.316. The van der Waals surface area contributed by atoms with Crippen molar-refractivity contribution >= 4 is 84.9 Å². The molecule has 86 valence electrons. The maximum absolute atomic E-state index is 4.42. The largest absolute Gasteiger partial charge is 0.168 e. The van der Waals surface area contributed by atoms with Crippen LogP contribution in [-0.2, 0) is 0 Å². The van der Waals surface area contributed by atoms with Crippen molar-refractivity contribution in [2.45, 2.75) is 3.91 Å². The zero-order valence-electron chi connectivity index (χ0n) is 7.79. The Morgan fingerprint density at radius 1 is 0.786 bits per heavy atom. The Labute approximate surface area is 121 Å². The van der Waals surface area contributed by atoms with Crippen molar-refractivity contribution in [1.82, 2.24) is 0 Å². The van der Waals surface area contributed by atoms with Crippen molar-refractivity contribution in [3.8, 4) is 0 Å². The first-order valence-electron chi connectivity index (χ1n) is 4.09. The highest BCUT2D eigenvalue weighted by molar-refractivity contribution is 8.30. The van der Waals surface area contributed by atoms with Crippen LogP contribution < -0.4 is 0 Å². The summed E-state index contributed by atoms with van der Waals surface area (Å²) in [6.45, 7) is 0. The summed E-state index contributed by atoms with van der Waals surface area (Å²) in [4.78, 5) is 0. The van der Waals surface area contributed by atoms with Crippen LogP contribution in [0.2, 0.25) is 0 Å². The van der Waals surface area contributed by atoms with Gasteiger partial charge in [-0.05, 0) is 0 Å². The van der Waals surface area contributed by atoms with Crippen LogP contribution in [-0.4, -0.2) is 37.1 Å². The zero-order valence-corrected chi connectivity index (χ0v) is 13.7. The predicted molar refractivity (Wildman–Crippen MR) is 90.3 cm³/mol. The number of thiol groups is 3. The summed E-state index contributed by atoms with van der Waals surface area (Å²) in [5.41, 5.74) is 0. The van der Waals surface area contributed by atoms with E-state index in [1.165, 1.54) is 23.0 Å². The van der Waals surface area contributed by atoms with Gasteiger partial charge in [-0.15, -0.1) is 23.5 Å². The molecule has 0 saturated carbocycles. The lowest BCUT2D eigenvalue weighted by atomic mass is 10.9. The molecule has 0 spiro atoms. The standard InChI is InChI=1S/C7H16S7/c8-5-12-2-1-11-3-4-13-7(10)14-6-9/h7-10H,1-6H2. The normalized spacial score (nSPS) is 13.1. The highest BCUT2D eigenvalue weighted by Crippen LogP contribution is 2.27. The second-order valence-electron chi connectivity index (χ2n) is 2.12. The molecule has 0 nitrogen and oxygen atoms in total. The van der Waals surface area contributed by atoms with E-state index < -0.39 is 0 Å². The van der Waals surface area contributed by atoms with Gasteiger partial charge in [-0.25, -0.2) is 0 Å². The Kier molecular flexibility index (Phi) is 15.9. The van der Waals surface area contributed by atoms with Gasteiger partial charge < -0.3 is 0 Å². The van der Waals surface area contributed by atoms with E-state index >= 15 is 0 Å². The highest BCUT2D eigenvalue weighted by atomic mass is 32.3. The molecule has 0 saturated heterocycles. The van der Waals surface area contributed by atoms with Gasteiger partial charge in [0.15, 0.2) is 0 Å². The number of thioether (sulfide) groups is 4. The van der Waals surface area contributed by atoms with Crippen molar-refractivity contribution in [3.05, 3.63) is 0 Å². The molecular weight excluding hydrogens is 309 g/mol. The Morgan fingerprint density at radius 2 is 1.43 bits per heavy atom. The molecule has 0 bridgehead atoms. The molecule has 0 radical (unpaired) electrons. The fourth-order valence-electron chi connectivity index (χ4n) is 0.604. The summed E-state index contributed by atoms with van der Waals surface area (Å²) in [6.07, 6.45) is 0. The maximum atomic E-state index is 4.42. The molecule has 0 heterocycles. The lowest BCUT2D eigenvalue weighted by Crippen LogP contribution is -1.93. The van der Waals surface area contributed by atoms with E-state index in [9.17, 15) is 0 Å². The molecule has 0 fully saturated rings. The molecule has 0 aromatic heterocycles. The fraction of sp³-hybridized carbons (Fsp3) is 1.00. The van der Waals surface area contributed by atoms with Gasteiger partial charge in [0.05, 0.1) is 3.91 Å². The van der Waals surface area contributed by atoms with Crippen LogP contribution in [0.5, 0.6) is 0 Å². The van der Waals surface area contributed by atoms with Gasteiger partial charge in [0.25, 0.3) is 0 Å². The van der Waals surface area contributed by atoms with Crippen LogP contribution in [0.25, 0.3) is 0 Å².